The minimum atomic E-state index is -0.805. The lowest BCUT2D eigenvalue weighted by Crippen LogP contribution is -2.45. The summed E-state index contributed by atoms with van der Waals surface area (Å²) in [7, 11) is 3.85. The molecule has 35 heavy (non-hydrogen) atoms. The first-order valence-corrected chi connectivity index (χ1v) is 11.4. The number of hydrogen-bond acceptors (Lipinski definition) is 5. The van der Waals surface area contributed by atoms with E-state index in [0.717, 1.165) is 5.56 Å². The summed E-state index contributed by atoms with van der Waals surface area (Å²) in [5.41, 5.74) is 2.95. The Kier molecular flexibility index (Phi) is 7.42. The van der Waals surface area contributed by atoms with Gasteiger partial charge in [0.15, 0.2) is 5.58 Å². The molecule has 2 amide bonds. The second kappa shape index (κ2) is 10.8. The fourth-order valence-electron chi connectivity index (χ4n) is 3.77. The molecule has 1 atom stereocenters. The van der Waals surface area contributed by atoms with Crippen LogP contribution in [-0.4, -0.2) is 48.0 Å². The lowest BCUT2D eigenvalue weighted by Gasteiger charge is -2.19. The van der Waals surface area contributed by atoms with Crippen LogP contribution in [0.15, 0.2) is 88.1 Å². The summed E-state index contributed by atoms with van der Waals surface area (Å²) in [6.07, 6.45) is 0.326. The first-order chi connectivity index (χ1) is 16.9. The standard InChI is InChI=1S/C27H28N4O4/c1-30(2)15-16-31-23-18-21(13-14-24(23)35-27(31)34)28-26(33)22(17-19-9-5-3-6-10-19)29-25(32)20-11-7-4-8-12-20/h3-14,18,22H,15-17H2,1-2H3,(H,28,33)(H,29,32). The minimum absolute atomic E-state index is 0.326. The molecular formula is C27H28N4O4. The van der Waals surface area contributed by atoms with Gasteiger partial charge in [0.25, 0.3) is 5.91 Å². The van der Waals surface area contributed by atoms with E-state index in [-0.39, 0.29) is 11.8 Å². The van der Waals surface area contributed by atoms with Crippen LogP contribution in [0.5, 0.6) is 0 Å². The zero-order chi connectivity index (χ0) is 24.8. The van der Waals surface area contributed by atoms with Crippen LogP contribution in [0.2, 0.25) is 0 Å². The number of aromatic nitrogens is 1. The van der Waals surface area contributed by atoms with Crippen LogP contribution >= 0.6 is 0 Å². The predicted molar refractivity (Wildman–Crippen MR) is 135 cm³/mol. The molecule has 8 heteroatoms. The van der Waals surface area contributed by atoms with Crippen LogP contribution in [0.3, 0.4) is 0 Å². The summed E-state index contributed by atoms with van der Waals surface area (Å²) in [6, 6.07) is 22.5. The second-order valence-electron chi connectivity index (χ2n) is 8.58. The predicted octanol–water partition coefficient (Wildman–Crippen LogP) is 3.14. The van der Waals surface area contributed by atoms with E-state index in [0.29, 0.717) is 41.9 Å². The molecule has 0 radical (unpaired) electrons. The van der Waals surface area contributed by atoms with Gasteiger partial charge in [0.1, 0.15) is 6.04 Å². The first-order valence-electron chi connectivity index (χ1n) is 11.4. The Hall–Kier alpha value is -4.17. The molecule has 4 rings (SSSR count). The molecule has 0 fully saturated rings. The first kappa shape index (κ1) is 24.0. The van der Waals surface area contributed by atoms with E-state index in [2.05, 4.69) is 10.6 Å². The molecule has 0 aliphatic rings. The number of anilines is 1. The van der Waals surface area contributed by atoms with Gasteiger partial charge in [-0.3, -0.25) is 14.2 Å². The number of amides is 2. The largest absolute Gasteiger partial charge is 0.419 e. The molecule has 4 aromatic rings. The zero-order valence-corrected chi connectivity index (χ0v) is 19.7. The summed E-state index contributed by atoms with van der Waals surface area (Å²) in [6.45, 7) is 1.12. The van der Waals surface area contributed by atoms with Crippen molar-refractivity contribution in [2.75, 3.05) is 26.0 Å². The SMILES string of the molecule is CN(C)CCn1c(=O)oc2ccc(NC(=O)C(Cc3ccccc3)NC(=O)c3ccccc3)cc21. The van der Waals surface area contributed by atoms with Gasteiger partial charge in [-0.15, -0.1) is 0 Å². The van der Waals surface area contributed by atoms with Crippen molar-refractivity contribution in [3.63, 3.8) is 0 Å². The molecule has 0 saturated carbocycles. The molecule has 0 bridgehead atoms. The summed E-state index contributed by atoms with van der Waals surface area (Å²) in [4.78, 5) is 40.4. The van der Waals surface area contributed by atoms with Gasteiger partial charge >= 0.3 is 5.76 Å². The lowest BCUT2D eigenvalue weighted by molar-refractivity contribution is -0.118. The van der Waals surface area contributed by atoms with Crippen LogP contribution in [-0.2, 0) is 17.8 Å². The van der Waals surface area contributed by atoms with E-state index in [4.69, 9.17) is 4.42 Å². The normalized spacial score (nSPS) is 12.0. The van der Waals surface area contributed by atoms with Crippen LogP contribution in [0, 0.1) is 0 Å². The molecule has 8 nitrogen and oxygen atoms in total. The number of carbonyl (C=O) groups is 2. The fourth-order valence-corrected chi connectivity index (χ4v) is 3.77. The number of likely N-dealkylation sites (N-methyl/N-ethyl adjacent to an activating group) is 1. The smallest absolute Gasteiger partial charge is 0.408 e. The highest BCUT2D eigenvalue weighted by molar-refractivity contribution is 6.01. The average Bonchev–Trinajstić information content (AvgIpc) is 3.17. The number of nitrogens with one attached hydrogen (secondary N) is 2. The third kappa shape index (κ3) is 6.04. The van der Waals surface area contributed by atoms with Crippen LogP contribution < -0.4 is 16.4 Å². The van der Waals surface area contributed by atoms with E-state index in [9.17, 15) is 14.4 Å². The quantitative estimate of drug-likeness (QED) is 0.390. The van der Waals surface area contributed by atoms with Crippen molar-refractivity contribution >= 4 is 28.6 Å². The molecule has 0 spiro atoms. The van der Waals surface area contributed by atoms with Gasteiger partial charge in [-0.1, -0.05) is 48.5 Å². The van der Waals surface area contributed by atoms with Gasteiger partial charge in [0.05, 0.1) is 5.52 Å². The van der Waals surface area contributed by atoms with Crippen molar-refractivity contribution in [3.8, 4) is 0 Å². The minimum Gasteiger partial charge on any atom is -0.408 e. The Morgan fingerprint density at radius 3 is 2.34 bits per heavy atom. The van der Waals surface area contributed by atoms with Crippen LogP contribution in [0.25, 0.3) is 11.1 Å². The number of benzene rings is 3. The molecule has 1 unspecified atom stereocenters. The van der Waals surface area contributed by atoms with E-state index in [1.165, 1.54) is 0 Å². The molecule has 1 heterocycles. The molecule has 3 aromatic carbocycles. The molecule has 0 aliphatic carbocycles. The Morgan fingerprint density at radius 2 is 1.66 bits per heavy atom. The Bertz CT molecular complexity index is 1360. The van der Waals surface area contributed by atoms with E-state index >= 15 is 0 Å². The van der Waals surface area contributed by atoms with Crippen LogP contribution in [0.1, 0.15) is 15.9 Å². The van der Waals surface area contributed by atoms with E-state index in [1.54, 1.807) is 47.0 Å². The van der Waals surface area contributed by atoms with Crippen molar-refractivity contribution in [3.05, 3.63) is 101 Å². The Balaban J connectivity index is 1.57. The number of hydrogen-bond donors (Lipinski definition) is 2. The zero-order valence-electron chi connectivity index (χ0n) is 19.7. The Labute approximate surface area is 203 Å². The maximum absolute atomic E-state index is 13.3. The average molecular weight is 473 g/mol. The number of carbonyl (C=O) groups excluding carboxylic acids is 2. The monoisotopic (exact) mass is 472 g/mol. The van der Waals surface area contributed by atoms with Gasteiger partial charge < -0.3 is 20.0 Å². The van der Waals surface area contributed by atoms with Gasteiger partial charge in [-0.2, -0.15) is 0 Å². The topological polar surface area (TPSA) is 96.6 Å². The van der Waals surface area contributed by atoms with Crippen molar-refractivity contribution in [1.29, 1.82) is 0 Å². The van der Waals surface area contributed by atoms with Crippen molar-refractivity contribution in [1.82, 2.24) is 14.8 Å². The highest BCUT2D eigenvalue weighted by Gasteiger charge is 2.22. The third-order valence-corrected chi connectivity index (χ3v) is 5.65. The molecule has 1 aromatic heterocycles. The highest BCUT2D eigenvalue weighted by atomic mass is 16.4. The number of rotatable bonds is 9. The van der Waals surface area contributed by atoms with Crippen molar-refractivity contribution in [2.45, 2.75) is 19.0 Å². The summed E-state index contributed by atoms with van der Waals surface area (Å²) >= 11 is 0. The third-order valence-electron chi connectivity index (χ3n) is 5.65. The fraction of sp³-hybridized carbons (Fsp3) is 0.222. The second-order valence-corrected chi connectivity index (χ2v) is 8.58. The maximum atomic E-state index is 13.3. The maximum Gasteiger partial charge on any atom is 0.419 e. The number of fused-ring (bicyclic) bond motifs is 1. The van der Waals surface area contributed by atoms with Crippen molar-refractivity contribution in [2.24, 2.45) is 0 Å². The van der Waals surface area contributed by atoms with Gasteiger partial charge in [0, 0.05) is 30.8 Å². The lowest BCUT2D eigenvalue weighted by atomic mass is 10.0. The molecule has 180 valence electrons. The number of oxazole rings is 1. The summed E-state index contributed by atoms with van der Waals surface area (Å²) < 4.78 is 6.88. The van der Waals surface area contributed by atoms with E-state index in [1.807, 2.05) is 55.4 Å². The van der Waals surface area contributed by atoms with Gasteiger partial charge in [0.2, 0.25) is 5.91 Å². The van der Waals surface area contributed by atoms with E-state index < -0.39 is 11.8 Å². The number of nitrogens with zero attached hydrogens (tertiary/aromatic N) is 2. The van der Waals surface area contributed by atoms with Crippen LogP contribution in [0.4, 0.5) is 5.69 Å². The highest BCUT2D eigenvalue weighted by Crippen LogP contribution is 2.19. The van der Waals surface area contributed by atoms with Gasteiger partial charge in [-0.05, 0) is 50.0 Å². The Morgan fingerprint density at radius 1 is 0.971 bits per heavy atom. The summed E-state index contributed by atoms with van der Waals surface area (Å²) in [5, 5.41) is 5.75. The molecule has 0 aliphatic heterocycles. The summed E-state index contributed by atoms with van der Waals surface area (Å²) in [5.74, 6) is -1.13. The molecule has 0 saturated heterocycles. The van der Waals surface area contributed by atoms with Crippen molar-refractivity contribution < 1.29 is 14.0 Å². The molecular weight excluding hydrogens is 444 g/mol. The molecule has 2 N–H and O–H groups in total. The van der Waals surface area contributed by atoms with Gasteiger partial charge in [-0.25, -0.2) is 4.79 Å².